The molecule has 0 aliphatic carbocycles. The highest BCUT2D eigenvalue weighted by Gasteiger charge is 2.11. The van der Waals surface area contributed by atoms with Crippen molar-refractivity contribution in [3.8, 4) is 0 Å². The first-order valence-corrected chi connectivity index (χ1v) is 4.35. The fourth-order valence-electron chi connectivity index (χ4n) is 1.41. The van der Waals surface area contributed by atoms with E-state index in [1.165, 1.54) is 30.3 Å². The molecule has 0 fully saturated rings. The number of carboxylic acids is 1. The number of nitrogens with zero attached hydrogens (tertiary/aromatic N) is 2. The van der Waals surface area contributed by atoms with Crippen molar-refractivity contribution in [2.24, 2.45) is 0 Å². The maximum atomic E-state index is 10.7. The number of fused-ring (bicyclic) bond motifs is 1. The van der Waals surface area contributed by atoms with Crippen molar-refractivity contribution in [2.45, 2.75) is 0 Å². The van der Waals surface area contributed by atoms with Crippen molar-refractivity contribution in [3.63, 3.8) is 0 Å². The molecular weight excluding hydrogens is 212 g/mol. The molecule has 0 saturated heterocycles. The lowest BCUT2D eigenvalue weighted by molar-refractivity contribution is -0.383. The second kappa shape index (κ2) is 3.58. The second-order valence-corrected chi connectivity index (χ2v) is 3.08. The lowest BCUT2D eigenvalue weighted by Crippen LogP contribution is -2.23. The van der Waals surface area contributed by atoms with E-state index < -0.39 is 10.9 Å². The number of carbonyl (C=O) groups excluding carboxylic acids is 1. The van der Waals surface area contributed by atoms with Gasteiger partial charge in [-0.2, -0.15) is 0 Å². The van der Waals surface area contributed by atoms with E-state index >= 15 is 0 Å². The number of benzene rings is 1. The van der Waals surface area contributed by atoms with Crippen molar-refractivity contribution >= 4 is 22.6 Å². The number of non-ortho nitro benzene ring substituents is 1. The zero-order valence-electron chi connectivity index (χ0n) is 7.91. The van der Waals surface area contributed by atoms with E-state index in [4.69, 9.17) is 0 Å². The van der Waals surface area contributed by atoms with Crippen LogP contribution in [0.5, 0.6) is 0 Å². The average molecular weight is 217 g/mol. The quantitative estimate of drug-likeness (QED) is 0.539. The SMILES string of the molecule is O=C([O-])c1ccc2c([N+](=O)[O-])cccc2n1. The number of rotatable bonds is 2. The van der Waals surface area contributed by atoms with Gasteiger partial charge < -0.3 is 9.90 Å². The number of hydrogen-bond donors (Lipinski definition) is 0. The van der Waals surface area contributed by atoms with Crippen molar-refractivity contribution in [3.05, 3.63) is 46.1 Å². The van der Waals surface area contributed by atoms with Crippen molar-refractivity contribution in [1.82, 2.24) is 4.98 Å². The first-order valence-electron chi connectivity index (χ1n) is 4.35. The van der Waals surface area contributed by atoms with E-state index in [1.807, 2.05) is 0 Å². The van der Waals surface area contributed by atoms with Crippen LogP contribution < -0.4 is 5.11 Å². The average Bonchev–Trinajstić information content (AvgIpc) is 2.27. The van der Waals surface area contributed by atoms with Gasteiger partial charge in [0.25, 0.3) is 5.69 Å². The van der Waals surface area contributed by atoms with Crippen molar-refractivity contribution in [1.29, 1.82) is 0 Å². The lowest BCUT2D eigenvalue weighted by atomic mass is 10.1. The molecule has 2 rings (SSSR count). The molecule has 2 aromatic rings. The van der Waals surface area contributed by atoms with Crippen LogP contribution in [0.25, 0.3) is 10.9 Å². The number of nitro groups is 1. The number of nitro benzene ring substituents is 1. The summed E-state index contributed by atoms with van der Waals surface area (Å²) in [4.78, 5) is 24.5. The van der Waals surface area contributed by atoms with Crippen LogP contribution in [0.3, 0.4) is 0 Å². The maximum absolute atomic E-state index is 10.7. The lowest BCUT2D eigenvalue weighted by Gasteiger charge is -2.03. The van der Waals surface area contributed by atoms with E-state index in [0.29, 0.717) is 5.39 Å². The summed E-state index contributed by atoms with van der Waals surface area (Å²) in [5.74, 6) is -1.41. The summed E-state index contributed by atoms with van der Waals surface area (Å²) in [5, 5.41) is 21.5. The molecule has 0 unspecified atom stereocenters. The minimum Gasteiger partial charge on any atom is -0.543 e. The van der Waals surface area contributed by atoms with Gasteiger partial charge in [-0.25, -0.2) is 4.98 Å². The summed E-state index contributed by atoms with van der Waals surface area (Å²) in [6.45, 7) is 0. The van der Waals surface area contributed by atoms with Crippen molar-refractivity contribution < 1.29 is 14.8 Å². The molecule has 6 heteroatoms. The van der Waals surface area contributed by atoms with Crippen LogP contribution in [0.2, 0.25) is 0 Å². The predicted molar refractivity (Wildman–Crippen MR) is 52.7 cm³/mol. The zero-order valence-corrected chi connectivity index (χ0v) is 7.91. The number of aromatic nitrogens is 1. The molecule has 0 saturated carbocycles. The van der Waals surface area contributed by atoms with Gasteiger partial charge in [0.1, 0.15) is 0 Å². The van der Waals surface area contributed by atoms with Gasteiger partial charge >= 0.3 is 0 Å². The Morgan fingerprint density at radius 2 is 2.00 bits per heavy atom. The third-order valence-electron chi connectivity index (χ3n) is 2.11. The highest BCUT2D eigenvalue weighted by Crippen LogP contribution is 2.23. The smallest absolute Gasteiger partial charge is 0.278 e. The van der Waals surface area contributed by atoms with Crippen LogP contribution in [0, 0.1) is 10.1 Å². The Morgan fingerprint density at radius 3 is 2.62 bits per heavy atom. The number of carboxylic acid groups (broad SMARTS) is 1. The first-order chi connectivity index (χ1) is 7.59. The summed E-state index contributed by atoms with van der Waals surface area (Å²) in [6, 6.07) is 6.83. The van der Waals surface area contributed by atoms with Crippen LogP contribution in [0.4, 0.5) is 5.69 Å². The van der Waals surface area contributed by atoms with Crippen molar-refractivity contribution in [2.75, 3.05) is 0 Å². The monoisotopic (exact) mass is 217 g/mol. The summed E-state index contributed by atoms with van der Waals surface area (Å²) in [5.41, 5.74) is -0.0844. The number of hydrogen-bond acceptors (Lipinski definition) is 5. The predicted octanol–water partition coefficient (Wildman–Crippen LogP) is 0.506. The van der Waals surface area contributed by atoms with Gasteiger partial charge in [-0.15, -0.1) is 0 Å². The molecule has 1 heterocycles. The largest absolute Gasteiger partial charge is 0.543 e. The standard InChI is InChI=1S/C10H6N2O4/c13-10(14)8-5-4-6-7(11-8)2-1-3-9(6)12(15)16/h1-5H,(H,13,14)/p-1. The van der Waals surface area contributed by atoms with Crippen LogP contribution >= 0.6 is 0 Å². The van der Waals surface area contributed by atoms with Crippen LogP contribution in [0.15, 0.2) is 30.3 Å². The summed E-state index contributed by atoms with van der Waals surface area (Å²) in [7, 11) is 0. The normalized spacial score (nSPS) is 10.2. The van der Waals surface area contributed by atoms with Gasteiger partial charge in [0.2, 0.25) is 0 Å². The molecule has 0 N–H and O–H groups in total. The van der Waals surface area contributed by atoms with Gasteiger partial charge in [0, 0.05) is 6.07 Å². The summed E-state index contributed by atoms with van der Waals surface area (Å²) >= 11 is 0. The van der Waals surface area contributed by atoms with Gasteiger partial charge in [0.15, 0.2) is 0 Å². The first kappa shape index (κ1) is 10.0. The Hall–Kier alpha value is -2.50. The molecular formula is C10H5N2O4-. The Bertz CT molecular complexity index is 594. The number of pyridine rings is 1. The molecule has 1 aromatic heterocycles. The molecule has 0 aliphatic rings. The van der Waals surface area contributed by atoms with E-state index in [0.717, 1.165) is 0 Å². The zero-order chi connectivity index (χ0) is 11.7. The molecule has 0 radical (unpaired) electrons. The molecule has 80 valence electrons. The third-order valence-corrected chi connectivity index (χ3v) is 2.11. The Balaban J connectivity index is 2.73. The van der Waals surface area contributed by atoms with E-state index in [9.17, 15) is 20.0 Å². The highest BCUT2D eigenvalue weighted by atomic mass is 16.6. The van der Waals surface area contributed by atoms with Gasteiger partial charge in [-0.1, -0.05) is 6.07 Å². The molecule has 16 heavy (non-hydrogen) atoms. The molecule has 1 aromatic carbocycles. The van der Waals surface area contributed by atoms with E-state index in [2.05, 4.69) is 4.98 Å². The minimum atomic E-state index is -1.41. The van der Waals surface area contributed by atoms with E-state index in [-0.39, 0.29) is 16.9 Å². The topological polar surface area (TPSA) is 96.2 Å². The minimum absolute atomic E-state index is 0.102. The molecule has 0 amide bonds. The molecule has 0 spiro atoms. The fourth-order valence-corrected chi connectivity index (χ4v) is 1.41. The Morgan fingerprint density at radius 1 is 1.25 bits per heavy atom. The maximum Gasteiger partial charge on any atom is 0.278 e. The summed E-state index contributed by atoms with van der Waals surface area (Å²) in [6.07, 6.45) is 0. The highest BCUT2D eigenvalue weighted by molar-refractivity contribution is 5.92. The van der Waals surface area contributed by atoms with Gasteiger partial charge in [-0.05, 0) is 18.2 Å². The van der Waals surface area contributed by atoms with Crippen LogP contribution in [0.1, 0.15) is 10.5 Å². The van der Waals surface area contributed by atoms with E-state index in [1.54, 1.807) is 0 Å². The Kier molecular flexibility index (Phi) is 2.24. The number of aromatic carboxylic acids is 1. The van der Waals surface area contributed by atoms with Gasteiger partial charge in [0.05, 0.1) is 27.5 Å². The fraction of sp³-hybridized carbons (Fsp3) is 0. The molecule has 0 atom stereocenters. The molecule has 0 bridgehead atoms. The third kappa shape index (κ3) is 1.56. The van der Waals surface area contributed by atoms with Crippen LogP contribution in [-0.4, -0.2) is 15.9 Å². The Labute approximate surface area is 89.3 Å². The molecule has 0 aliphatic heterocycles. The number of carbonyl (C=O) groups is 1. The summed E-state index contributed by atoms with van der Waals surface area (Å²) < 4.78 is 0. The van der Waals surface area contributed by atoms with Gasteiger partial charge in [-0.3, -0.25) is 10.1 Å². The van der Waals surface area contributed by atoms with Crippen LogP contribution in [-0.2, 0) is 0 Å². The second-order valence-electron chi connectivity index (χ2n) is 3.08. The molecule has 6 nitrogen and oxygen atoms in total.